The van der Waals surface area contributed by atoms with Gasteiger partial charge in [-0.05, 0) is 5.56 Å². The summed E-state index contributed by atoms with van der Waals surface area (Å²) in [6, 6.07) is 17.3. The van der Waals surface area contributed by atoms with Gasteiger partial charge in [-0.2, -0.15) is 8.42 Å². The van der Waals surface area contributed by atoms with Crippen molar-refractivity contribution in [1.29, 1.82) is 0 Å². The highest BCUT2D eigenvalue weighted by Gasteiger charge is 2.42. The molecular weight excluding hydrogens is 316 g/mol. The third kappa shape index (κ3) is 4.04. The molecule has 0 heterocycles. The SMILES string of the molecule is COC(COS(C)(=O)=O)(C(=O)c1ccccc1)c1ccccc1. The Morgan fingerprint density at radius 2 is 1.52 bits per heavy atom. The molecule has 0 saturated carbocycles. The Bertz CT molecular complexity index is 756. The summed E-state index contributed by atoms with van der Waals surface area (Å²) in [4.78, 5) is 13.0. The Hall–Kier alpha value is -2.02. The summed E-state index contributed by atoms with van der Waals surface area (Å²) in [5.41, 5.74) is -0.596. The number of hydrogen-bond acceptors (Lipinski definition) is 5. The van der Waals surface area contributed by atoms with Crippen molar-refractivity contribution in [2.45, 2.75) is 5.60 Å². The number of methoxy groups -OCH3 is 1. The van der Waals surface area contributed by atoms with Crippen LogP contribution in [0.3, 0.4) is 0 Å². The van der Waals surface area contributed by atoms with Crippen molar-refractivity contribution in [2.24, 2.45) is 0 Å². The standard InChI is InChI=1S/C17H18O5S/c1-21-17(13-22-23(2,19)20,15-11-7-4-8-12-15)16(18)14-9-5-3-6-10-14/h3-12H,13H2,1-2H3. The lowest BCUT2D eigenvalue weighted by Crippen LogP contribution is -2.43. The molecule has 2 aromatic carbocycles. The molecule has 2 aromatic rings. The van der Waals surface area contributed by atoms with Crippen LogP contribution in [0.15, 0.2) is 60.7 Å². The lowest BCUT2D eigenvalue weighted by atomic mass is 9.86. The van der Waals surface area contributed by atoms with Crippen LogP contribution in [0.25, 0.3) is 0 Å². The fourth-order valence-electron chi connectivity index (χ4n) is 2.27. The van der Waals surface area contributed by atoms with Crippen molar-refractivity contribution in [2.75, 3.05) is 20.0 Å². The summed E-state index contributed by atoms with van der Waals surface area (Å²) in [6.45, 7) is -0.430. The average molecular weight is 334 g/mol. The van der Waals surface area contributed by atoms with Gasteiger partial charge >= 0.3 is 0 Å². The third-order valence-electron chi connectivity index (χ3n) is 3.47. The molecular formula is C17H18O5S. The summed E-state index contributed by atoms with van der Waals surface area (Å²) in [5.74, 6) is -0.365. The van der Waals surface area contributed by atoms with E-state index in [0.29, 0.717) is 11.1 Å². The number of Topliss-reactive ketones (excluding diaryl/α,β-unsaturated/α-hetero) is 1. The molecule has 23 heavy (non-hydrogen) atoms. The fourth-order valence-corrected chi connectivity index (χ4v) is 2.65. The molecule has 0 aliphatic rings. The smallest absolute Gasteiger partial charge is 0.264 e. The van der Waals surface area contributed by atoms with Gasteiger partial charge in [-0.1, -0.05) is 60.7 Å². The van der Waals surface area contributed by atoms with Crippen molar-refractivity contribution in [3.63, 3.8) is 0 Å². The van der Waals surface area contributed by atoms with Crippen LogP contribution >= 0.6 is 0 Å². The highest BCUT2D eigenvalue weighted by atomic mass is 32.2. The van der Waals surface area contributed by atoms with Crippen LogP contribution in [0.5, 0.6) is 0 Å². The van der Waals surface area contributed by atoms with E-state index in [-0.39, 0.29) is 5.78 Å². The molecule has 1 atom stereocenters. The molecule has 0 fully saturated rings. The van der Waals surface area contributed by atoms with E-state index in [2.05, 4.69) is 0 Å². The Morgan fingerprint density at radius 3 is 2.00 bits per heavy atom. The van der Waals surface area contributed by atoms with E-state index in [4.69, 9.17) is 8.92 Å². The second kappa shape index (κ2) is 7.04. The van der Waals surface area contributed by atoms with Gasteiger partial charge in [-0.25, -0.2) is 0 Å². The van der Waals surface area contributed by atoms with Crippen LogP contribution in [0.1, 0.15) is 15.9 Å². The Morgan fingerprint density at radius 1 is 1.00 bits per heavy atom. The number of carbonyl (C=O) groups excluding carboxylic acids is 1. The van der Waals surface area contributed by atoms with Gasteiger partial charge in [0.25, 0.3) is 10.1 Å². The van der Waals surface area contributed by atoms with Crippen LogP contribution < -0.4 is 0 Å². The monoisotopic (exact) mass is 334 g/mol. The third-order valence-corrected chi connectivity index (χ3v) is 4.01. The number of rotatable bonds is 7. The fraction of sp³-hybridized carbons (Fsp3) is 0.235. The van der Waals surface area contributed by atoms with Crippen LogP contribution in [0.2, 0.25) is 0 Å². The maximum absolute atomic E-state index is 13.0. The molecule has 0 spiro atoms. The second-order valence-corrected chi connectivity index (χ2v) is 6.70. The van der Waals surface area contributed by atoms with Crippen LogP contribution in [-0.4, -0.2) is 34.2 Å². The predicted molar refractivity (Wildman–Crippen MR) is 86.7 cm³/mol. The Labute approximate surface area is 136 Å². The average Bonchev–Trinajstić information content (AvgIpc) is 2.56. The first-order valence-electron chi connectivity index (χ1n) is 6.94. The van der Waals surface area contributed by atoms with Gasteiger partial charge in [-0.15, -0.1) is 0 Å². The molecule has 122 valence electrons. The van der Waals surface area contributed by atoms with Crippen molar-refractivity contribution in [3.05, 3.63) is 71.8 Å². The molecule has 6 heteroatoms. The van der Waals surface area contributed by atoms with Crippen molar-refractivity contribution < 1.29 is 22.1 Å². The predicted octanol–water partition coefficient (Wildman–Crippen LogP) is 2.39. The van der Waals surface area contributed by atoms with E-state index >= 15 is 0 Å². The zero-order valence-electron chi connectivity index (χ0n) is 12.9. The summed E-state index contributed by atoms with van der Waals surface area (Å²) in [7, 11) is -2.36. The van der Waals surface area contributed by atoms with Gasteiger partial charge in [0, 0.05) is 12.7 Å². The zero-order chi connectivity index (χ0) is 16.9. The molecule has 0 saturated heterocycles. The molecule has 0 radical (unpaired) electrons. The summed E-state index contributed by atoms with van der Waals surface area (Å²) in [5, 5.41) is 0. The number of carbonyl (C=O) groups is 1. The number of ketones is 1. The Kier molecular flexibility index (Phi) is 5.30. The van der Waals surface area contributed by atoms with Gasteiger partial charge in [0.2, 0.25) is 5.78 Å². The molecule has 0 bridgehead atoms. The summed E-state index contributed by atoms with van der Waals surface area (Å²) in [6.07, 6.45) is 0.936. The summed E-state index contributed by atoms with van der Waals surface area (Å²) >= 11 is 0. The van der Waals surface area contributed by atoms with Crippen LogP contribution in [0.4, 0.5) is 0 Å². The molecule has 2 rings (SSSR count). The molecule has 0 aliphatic carbocycles. The molecule has 5 nitrogen and oxygen atoms in total. The van der Waals surface area contributed by atoms with Crippen LogP contribution in [0, 0.1) is 0 Å². The first-order chi connectivity index (χ1) is 10.9. The molecule has 0 N–H and O–H groups in total. The molecule has 0 aromatic heterocycles. The van der Waals surface area contributed by atoms with E-state index in [9.17, 15) is 13.2 Å². The largest absolute Gasteiger partial charge is 0.363 e. The highest BCUT2D eigenvalue weighted by molar-refractivity contribution is 7.85. The summed E-state index contributed by atoms with van der Waals surface area (Å²) < 4.78 is 33.2. The lowest BCUT2D eigenvalue weighted by Gasteiger charge is -2.30. The topological polar surface area (TPSA) is 69.7 Å². The number of benzene rings is 2. The zero-order valence-corrected chi connectivity index (χ0v) is 13.7. The second-order valence-electron chi connectivity index (χ2n) is 5.06. The minimum Gasteiger partial charge on any atom is -0.363 e. The first-order valence-corrected chi connectivity index (χ1v) is 8.75. The lowest BCUT2D eigenvalue weighted by molar-refractivity contribution is -0.0264. The Balaban J connectivity index is 2.51. The van der Waals surface area contributed by atoms with Gasteiger partial charge in [0.15, 0.2) is 5.60 Å². The van der Waals surface area contributed by atoms with Crippen molar-refractivity contribution in [1.82, 2.24) is 0 Å². The number of ether oxygens (including phenoxy) is 1. The highest BCUT2D eigenvalue weighted by Crippen LogP contribution is 2.30. The van der Waals surface area contributed by atoms with Gasteiger partial charge in [0.05, 0.1) is 6.26 Å². The van der Waals surface area contributed by atoms with Crippen molar-refractivity contribution >= 4 is 15.9 Å². The van der Waals surface area contributed by atoms with Crippen LogP contribution in [-0.2, 0) is 24.6 Å². The normalized spacial score (nSPS) is 14.2. The maximum Gasteiger partial charge on any atom is 0.264 e. The van der Waals surface area contributed by atoms with Gasteiger partial charge < -0.3 is 4.74 Å². The van der Waals surface area contributed by atoms with Crippen molar-refractivity contribution in [3.8, 4) is 0 Å². The van der Waals surface area contributed by atoms with E-state index < -0.39 is 22.3 Å². The number of hydrogen-bond donors (Lipinski definition) is 0. The van der Waals surface area contributed by atoms with Gasteiger partial charge in [-0.3, -0.25) is 8.98 Å². The molecule has 0 amide bonds. The van der Waals surface area contributed by atoms with Gasteiger partial charge in [0.1, 0.15) is 6.61 Å². The van der Waals surface area contributed by atoms with E-state index in [0.717, 1.165) is 6.26 Å². The molecule has 1 unspecified atom stereocenters. The quantitative estimate of drug-likeness (QED) is 0.574. The first kappa shape index (κ1) is 17.3. The van der Waals surface area contributed by atoms with E-state index in [1.165, 1.54) is 7.11 Å². The maximum atomic E-state index is 13.0. The van der Waals surface area contributed by atoms with E-state index in [1.807, 2.05) is 0 Å². The minimum absolute atomic E-state index is 0.365. The molecule has 0 aliphatic heterocycles. The minimum atomic E-state index is -3.72. The van der Waals surface area contributed by atoms with E-state index in [1.54, 1.807) is 60.7 Å².